The molecule has 5 nitrogen and oxygen atoms in total. The molecule has 0 heterocycles. The highest BCUT2D eigenvalue weighted by atomic mass is 32.2. The zero-order valence-corrected chi connectivity index (χ0v) is 16.6. The number of sulfonamides is 1. The summed E-state index contributed by atoms with van der Waals surface area (Å²) in [5, 5.41) is 2.73. The molecule has 6 heteroatoms. The molecular formula is C19H30N2O3S. The van der Waals surface area contributed by atoms with Gasteiger partial charge in [-0.15, -0.1) is 0 Å². The number of benzene rings is 1. The highest BCUT2D eigenvalue weighted by Crippen LogP contribution is 2.31. The lowest BCUT2D eigenvalue weighted by atomic mass is 9.95. The van der Waals surface area contributed by atoms with Crippen LogP contribution in [0.15, 0.2) is 17.0 Å². The maximum atomic E-state index is 13.5. The average molecular weight is 367 g/mol. The quantitative estimate of drug-likeness (QED) is 0.841. The third-order valence-corrected chi connectivity index (χ3v) is 7.03. The number of hydrogen-bond acceptors (Lipinski definition) is 3. The van der Waals surface area contributed by atoms with Crippen molar-refractivity contribution in [1.29, 1.82) is 0 Å². The summed E-state index contributed by atoms with van der Waals surface area (Å²) in [5.41, 5.74) is 2.53. The molecule has 1 amide bonds. The van der Waals surface area contributed by atoms with Gasteiger partial charge in [-0.1, -0.05) is 37.0 Å². The summed E-state index contributed by atoms with van der Waals surface area (Å²) < 4.78 is 28.4. The molecule has 0 aromatic heterocycles. The lowest BCUT2D eigenvalue weighted by molar-refractivity contribution is -0.121. The van der Waals surface area contributed by atoms with Crippen LogP contribution in [0, 0.1) is 20.8 Å². The molecular weight excluding hydrogens is 336 g/mol. The van der Waals surface area contributed by atoms with Gasteiger partial charge in [-0.3, -0.25) is 4.79 Å². The van der Waals surface area contributed by atoms with Gasteiger partial charge in [0.1, 0.15) is 0 Å². The summed E-state index contributed by atoms with van der Waals surface area (Å²) in [6.45, 7) is 7.86. The van der Waals surface area contributed by atoms with Crippen molar-refractivity contribution in [3.8, 4) is 0 Å². The van der Waals surface area contributed by atoms with Crippen molar-refractivity contribution in [3.05, 3.63) is 28.8 Å². The maximum Gasteiger partial charge on any atom is 0.244 e. The fourth-order valence-electron chi connectivity index (χ4n) is 3.86. The van der Waals surface area contributed by atoms with Crippen molar-refractivity contribution in [3.63, 3.8) is 0 Å². The number of nitrogens with one attached hydrogen (secondary N) is 1. The van der Waals surface area contributed by atoms with Crippen LogP contribution < -0.4 is 5.32 Å². The highest BCUT2D eigenvalue weighted by molar-refractivity contribution is 7.89. The van der Waals surface area contributed by atoms with E-state index in [0.717, 1.165) is 48.8 Å². The molecule has 0 aliphatic heterocycles. The minimum atomic E-state index is -3.72. The molecule has 0 atom stereocenters. The third kappa shape index (κ3) is 4.61. The van der Waals surface area contributed by atoms with Gasteiger partial charge in [-0.05, 0) is 51.7 Å². The lowest BCUT2D eigenvalue weighted by Crippen LogP contribution is -2.47. The Kier molecular flexibility index (Phi) is 6.63. The lowest BCUT2D eigenvalue weighted by Gasteiger charge is -2.33. The molecule has 0 unspecified atom stereocenters. The summed E-state index contributed by atoms with van der Waals surface area (Å²) in [7, 11) is -3.72. The molecule has 1 aliphatic rings. The number of carbonyl (C=O) groups excluding carboxylic acids is 1. The van der Waals surface area contributed by atoms with Gasteiger partial charge in [-0.25, -0.2) is 8.42 Å². The molecule has 25 heavy (non-hydrogen) atoms. The SMILES string of the molecule is CCNC(=O)CN(C1CCCCC1)S(=O)(=O)c1c(C)cc(C)cc1C. The number of amides is 1. The number of carbonyl (C=O) groups is 1. The first-order chi connectivity index (χ1) is 11.8. The molecule has 2 rings (SSSR count). The minimum Gasteiger partial charge on any atom is -0.355 e. The first-order valence-corrected chi connectivity index (χ1v) is 10.6. The summed E-state index contributed by atoms with van der Waals surface area (Å²) >= 11 is 0. The van der Waals surface area contributed by atoms with Gasteiger partial charge >= 0.3 is 0 Å². The first-order valence-electron chi connectivity index (χ1n) is 9.13. The van der Waals surface area contributed by atoms with Crippen LogP contribution in [0.5, 0.6) is 0 Å². The van der Waals surface area contributed by atoms with E-state index in [1.54, 1.807) is 0 Å². The van der Waals surface area contributed by atoms with E-state index < -0.39 is 10.0 Å². The van der Waals surface area contributed by atoms with Gasteiger partial charge in [0.05, 0.1) is 11.4 Å². The van der Waals surface area contributed by atoms with Crippen molar-refractivity contribution >= 4 is 15.9 Å². The molecule has 1 saturated carbocycles. The van der Waals surface area contributed by atoms with E-state index in [2.05, 4.69) is 5.32 Å². The van der Waals surface area contributed by atoms with E-state index in [0.29, 0.717) is 11.4 Å². The van der Waals surface area contributed by atoms with Crippen LogP contribution in [0.3, 0.4) is 0 Å². The molecule has 1 aromatic carbocycles. The Hall–Kier alpha value is -1.40. The molecule has 0 radical (unpaired) electrons. The zero-order chi connectivity index (χ0) is 18.6. The van der Waals surface area contributed by atoms with Crippen LogP contribution in [-0.2, 0) is 14.8 Å². The molecule has 0 spiro atoms. The number of rotatable bonds is 6. The first kappa shape index (κ1) is 19.9. The second kappa shape index (κ2) is 8.32. The second-order valence-electron chi connectivity index (χ2n) is 7.02. The van der Waals surface area contributed by atoms with Crippen LogP contribution in [-0.4, -0.2) is 37.8 Å². The Morgan fingerprint density at radius 2 is 1.68 bits per heavy atom. The molecule has 140 valence electrons. The van der Waals surface area contributed by atoms with Gasteiger partial charge in [0.15, 0.2) is 0 Å². The predicted octanol–water partition coefficient (Wildman–Crippen LogP) is 3.07. The van der Waals surface area contributed by atoms with Gasteiger partial charge in [0, 0.05) is 12.6 Å². The molecule has 1 N–H and O–H groups in total. The monoisotopic (exact) mass is 366 g/mol. The Balaban J connectivity index is 2.45. The largest absolute Gasteiger partial charge is 0.355 e. The van der Waals surface area contributed by atoms with E-state index in [9.17, 15) is 13.2 Å². The average Bonchev–Trinajstić information content (AvgIpc) is 2.52. The van der Waals surface area contributed by atoms with E-state index in [-0.39, 0.29) is 18.5 Å². The van der Waals surface area contributed by atoms with Gasteiger partial charge < -0.3 is 5.32 Å². The van der Waals surface area contributed by atoms with E-state index >= 15 is 0 Å². The maximum absolute atomic E-state index is 13.5. The Morgan fingerprint density at radius 3 is 2.20 bits per heavy atom. The normalized spacial score (nSPS) is 16.2. The third-order valence-electron chi connectivity index (χ3n) is 4.83. The number of hydrogen-bond donors (Lipinski definition) is 1. The van der Waals surface area contributed by atoms with Gasteiger partial charge in [0.25, 0.3) is 0 Å². The van der Waals surface area contributed by atoms with Crippen LogP contribution in [0.1, 0.15) is 55.7 Å². The topological polar surface area (TPSA) is 66.5 Å². The Morgan fingerprint density at radius 1 is 1.12 bits per heavy atom. The molecule has 1 fully saturated rings. The number of aryl methyl sites for hydroxylation is 3. The fraction of sp³-hybridized carbons (Fsp3) is 0.632. The summed E-state index contributed by atoms with van der Waals surface area (Å²) in [4.78, 5) is 12.5. The van der Waals surface area contributed by atoms with Crippen molar-refractivity contribution in [2.45, 2.75) is 70.7 Å². The van der Waals surface area contributed by atoms with Crippen molar-refractivity contribution in [2.24, 2.45) is 0 Å². The molecule has 1 aromatic rings. The molecule has 0 saturated heterocycles. The Bertz CT molecular complexity index is 699. The molecule has 1 aliphatic carbocycles. The zero-order valence-electron chi connectivity index (χ0n) is 15.8. The predicted molar refractivity (Wildman–Crippen MR) is 100 cm³/mol. The standard InChI is InChI=1S/C19H30N2O3S/c1-5-20-18(22)13-21(17-9-7-6-8-10-17)25(23,24)19-15(3)11-14(2)12-16(19)4/h11-12,17H,5-10,13H2,1-4H3,(H,20,22). The van der Waals surface area contributed by atoms with Crippen molar-refractivity contribution in [2.75, 3.05) is 13.1 Å². The fourth-order valence-corrected chi connectivity index (χ4v) is 5.92. The van der Waals surface area contributed by atoms with Gasteiger partial charge in [0.2, 0.25) is 15.9 Å². The molecule has 0 bridgehead atoms. The van der Waals surface area contributed by atoms with Crippen molar-refractivity contribution in [1.82, 2.24) is 9.62 Å². The summed E-state index contributed by atoms with van der Waals surface area (Å²) in [6, 6.07) is 3.69. The second-order valence-corrected chi connectivity index (χ2v) is 8.85. The minimum absolute atomic E-state index is 0.0959. The summed E-state index contributed by atoms with van der Waals surface area (Å²) in [6.07, 6.45) is 4.80. The van der Waals surface area contributed by atoms with Crippen molar-refractivity contribution < 1.29 is 13.2 Å². The van der Waals surface area contributed by atoms with Crippen LogP contribution in [0.25, 0.3) is 0 Å². The summed E-state index contributed by atoms with van der Waals surface area (Å²) in [5.74, 6) is -0.237. The van der Waals surface area contributed by atoms with E-state index in [1.165, 1.54) is 4.31 Å². The van der Waals surface area contributed by atoms with E-state index in [1.807, 2.05) is 39.8 Å². The van der Waals surface area contributed by atoms with Crippen LogP contribution in [0.2, 0.25) is 0 Å². The number of likely N-dealkylation sites (N-methyl/N-ethyl adjacent to an activating group) is 1. The highest BCUT2D eigenvalue weighted by Gasteiger charge is 2.35. The van der Waals surface area contributed by atoms with Gasteiger partial charge in [-0.2, -0.15) is 4.31 Å². The smallest absolute Gasteiger partial charge is 0.244 e. The van der Waals surface area contributed by atoms with E-state index in [4.69, 9.17) is 0 Å². The van der Waals surface area contributed by atoms with Crippen LogP contribution in [0.4, 0.5) is 0 Å². The Labute approximate surface area is 151 Å². The van der Waals surface area contributed by atoms with Crippen LogP contribution >= 0.6 is 0 Å². The number of nitrogens with zero attached hydrogens (tertiary/aromatic N) is 1.